The van der Waals surface area contributed by atoms with E-state index in [0.717, 1.165) is 32.1 Å². The van der Waals surface area contributed by atoms with Gasteiger partial charge in [0.15, 0.2) is 0 Å². The third kappa shape index (κ3) is 18.9. The number of carbonyl (C=O) groups excluding carboxylic acids is 1. The van der Waals surface area contributed by atoms with Gasteiger partial charge in [-0.3, -0.25) is 4.79 Å². The molecule has 0 radical (unpaired) electrons. The molecule has 3 N–H and O–H groups in total. The maximum absolute atomic E-state index is 12.0. The van der Waals surface area contributed by atoms with E-state index in [1.165, 1.54) is 70.6 Å². The van der Waals surface area contributed by atoms with Gasteiger partial charge in [-0.25, -0.2) is 0 Å². The van der Waals surface area contributed by atoms with Gasteiger partial charge in [0.05, 0.1) is 18.8 Å². The van der Waals surface area contributed by atoms with Crippen molar-refractivity contribution < 1.29 is 15.0 Å². The van der Waals surface area contributed by atoms with E-state index in [-0.39, 0.29) is 12.5 Å². The van der Waals surface area contributed by atoms with E-state index in [9.17, 15) is 15.0 Å². The summed E-state index contributed by atoms with van der Waals surface area (Å²) >= 11 is 0. The first-order valence-corrected chi connectivity index (χ1v) is 12.4. The number of aliphatic hydroxyl groups is 2. The lowest BCUT2D eigenvalue weighted by atomic mass is 10.1. The van der Waals surface area contributed by atoms with Crippen LogP contribution in [0.5, 0.6) is 0 Å². The summed E-state index contributed by atoms with van der Waals surface area (Å²) in [7, 11) is 0. The summed E-state index contributed by atoms with van der Waals surface area (Å²) in [6.07, 6.45) is 22.9. The summed E-state index contributed by atoms with van der Waals surface area (Å²) in [4.78, 5) is 12.0. The van der Waals surface area contributed by atoms with Gasteiger partial charge >= 0.3 is 0 Å². The standard InChI is InChI=1S/C25H49NO3/c1-3-5-7-9-10-11-12-13-14-15-17-18-20-24(28)23(22-27)26-25(29)21-19-16-8-6-4-2/h18,20,23-24,27-28H,3-17,19,21-22H2,1-2H3,(H,26,29)/b20-18+. The minimum Gasteiger partial charge on any atom is -0.394 e. The fourth-order valence-corrected chi connectivity index (χ4v) is 3.53. The molecule has 0 aliphatic rings. The molecule has 4 heteroatoms. The molecule has 0 aromatic carbocycles. The van der Waals surface area contributed by atoms with Crippen LogP contribution in [-0.2, 0) is 4.79 Å². The Kier molecular flexibility index (Phi) is 21.2. The molecule has 0 bridgehead atoms. The Morgan fingerprint density at radius 1 is 0.793 bits per heavy atom. The van der Waals surface area contributed by atoms with Crippen molar-refractivity contribution in [3.63, 3.8) is 0 Å². The molecule has 1 amide bonds. The molecular formula is C25H49NO3. The highest BCUT2D eigenvalue weighted by Gasteiger charge is 2.17. The first kappa shape index (κ1) is 28.1. The number of rotatable bonds is 21. The van der Waals surface area contributed by atoms with Crippen molar-refractivity contribution in [2.45, 2.75) is 135 Å². The Morgan fingerprint density at radius 2 is 1.28 bits per heavy atom. The number of aliphatic hydroxyl groups excluding tert-OH is 2. The largest absolute Gasteiger partial charge is 0.394 e. The average molecular weight is 412 g/mol. The Labute approximate surface area is 180 Å². The fourth-order valence-electron chi connectivity index (χ4n) is 3.53. The Bertz CT molecular complexity index is 384. The molecule has 2 atom stereocenters. The van der Waals surface area contributed by atoms with Gasteiger partial charge in [0.1, 0.15) is 0 Å². The summed E-state index contributed by atoms with van der Waals surface area (Å²) < 4.78 is 0. The van der Waals surface area contributed by atoms with E-state index >= 15 is 0 Å². The van der Waals surface area contributed by atoms with E-state index < -0.39 is 12.1 Å². The molecule has 0 aromatic rings. The van der Waals surface area contributed by atoms with Gasteiger partial charge in [-0.2, -0.15) is 0 Å². The first-order chi connectivity index (χ1) is 14.2. The topological polar surface area (TPSA) is 69.6 Å². The molecule has 0 aliphatic carbocycles. The average Bonchev–Trinajstić information content (AvgIpc) is 2.72. The highest BCUT2D eigenvalue weighted by Crippen LogP contribution is 2.11. The highest BCUT2D eigenvalue weighted by molar-refractivity contribution is 5.76. The molecule has 0 fully saturated rings. The molecule has 4 nitrogen and oxygen atoms in total. The molecule has 0 aliphatic heterocycles. The van der Waals surface area contributed by atoms with Crippen LogP contribution in [0.3, 0.4) is 0 Å². The Morgan fingerprint density at radius 3 is 1.79 bits per heavy atom. The van der Waals surface area contributed by atoms with Crippen molar-refractivity contribution in [3.8, 4) is 0 Å². The monoisotopic (exact) mass is 411 g/mol. The number of carbonyl (C=O) groups is 1. The smallest absolute Gasteiger partial charge is 0.220 e. The van der Waals surface area contributed by atoms with E-state index in [1.807, 2.05) is 6.08 Å². The van der Waals surface area contributed by atoms with Gasteiger partial charge in [-0.1, -0.05) is 109 Å². The van der Waals surface area contributed by atoms with Crippen molar-refractivity contribution in [1.82, 2.24) is 5.32 Å². The molecule has 0 spiro atoms. The van der Waals surface area contributed by atoms with Gasteiger partial charge in [0.25, 0.3) is 0 Å². The SMILES string of the molecule is CCCCCCCCCCCC/C=C/C(O)C(CO)NC(=O)CCCCCCC. The molecule has 0 saturated heterocycles. The molecule has 0 heterocycles. The van der Waals surface area contributed by atoms with Gasteiger partial charge in [0, 0.05) is 6.42 Å². The summed E-state index contributed by atoms with van der Waals surface area (Å²) in [6.45, 7) is 4.18. The van der Waals surface area contributed by atoms with Gasteiger partial charge in [-0.05, 0) is 19.3 Å². The number of nitrogens with one attached hydrogen (secondary N) is 1. The molecular weight excluding hydrogens is 362 g/mol. The molecule has 2 unspecified atom stereocenters. The second-order valence-corrected chi connectivity index (χ2v) is 8.41. The zero-order chi connectivity index (χ0) is 21.6. The first-order valence-electron chi connectivity index (χ1n) is 12.4. The van der Waals surface area contributed by atoms with Crippen LogP contribution in [0, 0.1) is 0 Å². The van der Waals surface area contributed by atoms with E-state index in [4.69, 9.17) is 0 Å². The number of hydrogen-bond donors (Lipinski definition) is 3. The lowest BCUT2D eigenvalue weighted by Gasteiger charge is -2.20. The maximum atomic E-state index is 12.0. The minimum atomic E-state index is -0.827. The van der Waals surface area contributed by atoms with Crippen LogP contribution in [0.1, 0.15) is 123 Å². The number of allylic oxidation sites excluding steroid dienone is 1. The summed E-state index contributed by atoms with van der Waals surface area (Å²) in [5.74, 6) is -0.0808. The Balaban J connectivity index is 3.72. The zero-order valence-corrected chi connectivity index (χ0v) is 19.3. The van der Waals surface area contributed by atoms with Gasteiger partial charge in [-0.15, -0.1) is 0 Å². The van der Waals surface area contributed by atoms with Crippen molar-refractivity contribution >= 4 is 5.91 Å². The second-order valence-electron chi connectivity index (χ2n) is 8.41. The molecule has 172 valence electrons. The maximum Gasteiger partial charge on any atom is 0.220 e. The van der Waals surface area contributed by atoms with Crippen LogP contribution < -0.4 is 5.32 Å². The summed E-state index contributed by atoms with van der Waals surface area (Å²) in [5.41, 5.74) is 0. The molecule has 0 aromatic heterocycles. The van der Waals surface area contributed by atoms with Crippen LogP contribution in [0.2, 0.25) is 0 Å². The van der Waals surface area contributed by atoms with Gasteiger partial charge in [0.2, 0.25) is 5.91 Å². The van der Waals surface area contributed by atoms with Crippen LogP contribution in [0.25, 0.3) is 0 Å². The number of hydrogen-bond acceptors (Lipinski definition) is 3. The lowest BCUT2D eigenvalue weighted by molar-refractivity contribution is -0.123. The quantitative estimate of drug-likeness (QED) is 0.159. The minimum absolute atomic E-state index is 0.0808. The zero-order valence-electron chi connectivity index (χ0n) is 19.3. The van der Waals surface area contributed by atoms with Gasteiger partial charge < -0.3 is 15.5 Å². The van der Waals surface area contributed by atoms with E-state index in [0.29, 0.717) is 6.42 Å². The van der Waals surface area contributed by atoms with Crippen molar-refractivity contribution in [3.05, 3.63) is 12.2 Å². The van der Waals surface area contributed by atoms with Crippen LogP contribution in [0.4, 0.5) is 0 Å². The molecule has 0 rings (SSSR count). The third-order valence-corrected chi connectivity index (χ3v) is 5.52. The second kappa shape index (κ2) is 21.8. The number of unbranched alkanes of at least 4 members (excludes halogenated alkanes) is 14. The fraction of sp³-hybridized carbons (Fsp3) is 0.880. The normalized spacial score (nSPS) is 13.7. The highest BCUT2D eigenvalue weighted by atomic mass is 16.3. The summed E-state index contributed by atoms with van der Waals surface area (Å²) in [5, 5.41) is 22.4. The molecule has 0 saturated carbocycles. The lowest BCUT2D eigenvalue weighted by Crippen LogP contribution is -2.45. The number of amides is 1. The van der Waals surface area contributed by atoms with E-state index in [2.05, 4.69) is 19.2 Å². The predicted octanol–water partition coefficient (Wildman–Crippen LogP) is 6.05. The van der Waals surface area contributed by atoms with Crippen molar-refractivity contribution in [2.24, 2.45) is 0 Å². The molecule has 29 heavy (non-hydrogen) atoms. The van der Waals surface area contributed by atoms with Crippen LogP contribution in [0.15, 0.2) is 12.2 Å². The predicted molar refractivity (Wildman–Crippen MR) is 124 cm³/mol. The summed E-state index contributed by atoms with van der Waals surface area (Å²) in [6, 6.07) is -0.609. The van der Waals surface area contributed by atoms with Crippen molar-refractivity contribution in [1.29, 1.82) is 0 Å². The van der Waals surface area contributed by atoms with Crippen LogP contribution in [-0.4, -0.2) is 34.9 Å². The van der Waals surface area contributed by atoms with Crippen molar-refractivity contribution in [2.75, 3.05) is 6.61 Å². The Hall–Kier alpha value is -0.870. The third-order valence-electron chi connectivity index (χ3n) is 5.52. The van der Waals surface area contributed by atoms with E-state index in [1.54, 1.807) is 6.08 Å². The van der Waals surface area contributed by atoms with Crippen LogP contribution >= 0.6 is 0 Å².